The molecule has 1 aromatic rings. The lowest BCUT2D eigenvalue weighted by Crippen LogP contribution is -2.49. The molecule has 0 saturated carbocycles. The highest BCUT2D eigenvalue weighted by atomic mass is 19.3. The highest BCUT2D eigenvalue weighted by Gasteiger charge is 2.35. The van der Waals surface area contributed by atoms with Crippen LogP contribution < -0.4 is 5.32 Å². The molecule has 8 nitrogen and oxygen atoms in total. The standard InChI is InChI=1S/C25H35F3N4O4/c1-24(2,3)36-23(34)31-15-18(29)11-12-19(30)16-7-9-17(10-8-16)20(13-14-26)35-25(4,5)32(6)22(33)21(27)28/h7-12,20-21,29-30H,13-15H2,1-6H3,(H,31,34)/b12-11-,29-18?,30-19?/t20-/m0/s1. The number of alkyl carbamates (subject to hydrolysis) is 1. The van der Waals surface area contributed by atoms with Crippen molar-refractivity contribution in [3.8, 4) is 0 Å². The Hall–Kier alpha value is -3.21. The number of allylic oxidation sites excluding steroid dienone is 1. The van der Waals surface area contributed by atoms with Crippen LogP contribution in [0.15, 0.2) is 36.4 Å². The number of ether oxygens (including phenoxy) is 2. The van der Waals surface area contributed by atoms with Gasteiger partial charge in [-0.1, -0.05) is 24.3 Å². The summed E-state index contributed by atoms with van der Waals surface area (Å²) in [6, 6.07) is 6.47. The van der Waals surface area contributed by atoms with E-state index in [1.165, 1.54) is 33.0 Å². The molecule has 0 aromatic heterocycles. The second-order valence-corrected chi connectivity index (χ2v) is 9.48. The zero-order chi connectivity index (χ0) is 27.7. The van der Waals surface area contributed by atoms with Gasteiger partial charge in [-0.05, 0) is 57.9 Å². The predicted octanol–water partition coefficient (Wildman–Crippen LogP) is 5.03. The van der Waals surface area contributed by atoms with Gasteiger partial charge in [-0.15, -0.1) is 0 Å². The summed E-state index contributed by atoms with van der Waals surface area (Å²) in [6.45, 7) is 7.27. The number of amides is 2. The van der Waals surface area contributed by atoms with E-state index in [1.54, 1.807) is 45.0 Å². The molecule has 0 fully saturated rings. The van der Waals surface area contributed by atoms with E-state index in [1.807, 2.05) is 0 Å². The number of hydrogen-bond acceptors (Lipinski definition) is 6. The zero-order valence-corrected chi connectivity index (χ0v) is 21.5. The molecule has 2 amide bonds. The molecule has 0 unspecified atom stereocenters. The topological polar surface area (TPSA) is 116 Å². The summed E-state index contributed by atoms with van der Waals surface area (Å²) in [5.41, 5.74) is -0.869. The molecule has 0 aliphatic heterocycles. The van der Waals surface area contributed by atoms with Gasteiger partial charge in [-0.3, -0.25) is 9.18 Å². The average molecular weight is 513 g/mol. The molecule has 0 aliphatic carbocycles. The van der Waals surface area contributed by atoms with Crippen molar-refractivity contribution in [2.24, 2.45) is 0 Å². The second-order valence-electron chi connectivity index (χ2n) is 9.48. The van der Waals surface area contributed by atoms with Crippen LogP contribution in [0.2, 0.25) is 0 Å². The quantitative estimate of drug-likeness (QED) is 0.269. The average Bonchev–Trinajstić information content (AvgIpc) is 2.78. The Balaban J connectivity index is 2.83. The number of nitrogens with zero attached hydrogens (tertiary/aromatic N) is 1. The SMILES string of the molecule is CN(C(=O)C(F)F)C(C)(C)O[C@@H](CCF)c1ccc(C(=N)/C=C\C(=N)CNC(=O)OC(C)(C)C)cc1. The lowest BCUT2D eigenvalue weighted by molar-refractivity contribution is -0.186. The Morgan fingerprint density at radius 1 is 1.08 bits per heavy atom. The Labute approximate surface area is 209 Å². The highest BCUT2D eigenvalue weighted by Crippen LogP contribution is 2.30. The number of hydrogen-bond donors (Lipinski definition) is 3. The van der Waals surface area contributed by atoms with Crippen molar-refractivity contribution < 1.29 is 32.2 Å². The van der Waals surface area contributed by atoms with Gasteiger partial charge < -0.3 is 30.5 Å². The van der Waals surface area contributed by atoms with Gasteiger partial charge in [0.2, 0.25) is 0 Å². The number of alkyl halides is 3. The number of nitrogens with one attached hydrogen (secondary N) is 3. The van der Waals surface area contributed by atoms with Gasteiger partial charge in [0.25, 0.3) is 5.91 Å². The van der Waals surface area contributed by atoms with Crippen LogP contribution in [0.3, 0.4) is 0 Å². The first-order valence-electron chi connectivity index (χ1n) is 11.3. The smallest absolute Gasteiger partial charge is 0.407 e. The minimum Gasteiger partial charge on any atom is -0.444 e. The first-order valence-corrected chi connectivity index (χ1v) is 11.3. The van der Waals surface area contributed by atoms with Gasteiger partial charge in [0.05, 0.1) is 30.7 Å². The summed E-state index contributed by atoms with van der Waals surface area (Å²) in [4.78, 5) is 24.1. The molecule has 0 bridgehead atoms. The maximum Gasteiger partial charge on any atom is 0.407 e. The van der Waals surface area contributed by atoms with Crippen LogP contribution in [-0.4, -0.2) is 66.3 Å². The monoisotopic (exact) mass is 512 g/mol. The Morgan fingerprint density at radius 3 is 2.17 bits per heavy atom. The molecule has 1 rings (SSSR count). The van der Waals surface area contributed by atoms with Crippen LogP contribution in [0.4, 0.5) is 18.0 Å². The van der Waals surface area contributed by atoms with Crippen molar-refractivity contribution in [1.29, 1.82) is 10.8 Å². The van der Waals surface area contributed by atoms with E-state index in [0.29, 0.717) is 11.1 Å². The molecule has 200 valence electrons. The third kappa shape index (κ3) is 10.2. The van der Waals surface area contributed by atoms with E-state index in [0.717, 1.165) is 4.90 Å². The lowest BCUT2D eigenvalue weighted by Gasteiger charge is -2.38. The van der Waals surface area contributed by atoms with E-state index in [2.05, 4.69) is 5.32 Å². The van der Waals surface area contributed by atoms with Crippen LogP contribution in [0.1, 0.15) is 58.3 Å². The van der Waals surface area contributed by atoms with Crippen LogP contribution >= 0.6 is 0 Å². The summed E-state index contributed by atoms with van der Waals surface area (Å²) < 4.78 is 49.8. The lowest BCUT2D eigenvalue weighted by atomic mass is 10.0. The molecule has 1 aromatic carbocycles. The summed E-state index contributed by atoms with van der Waals surface area (Å²) in [7, 11) is 1.19. The van der Waals surface area contributed by atoms with E-state index >= 15 is 0 Å². The van der Waals surface area contributed by atoms with E-state index in [4.69, 9.17) is 20.3 Å². The Bertz CT molecular complexity index is 957. The minimum atomic E-state index is -3.19. The number of carbonyl (C=O) groups excluding carboxylic acids is 2. The third-order valence-electron chi connectivity index (χ3n) is 4.99. The van der Waals surface area contributed by atoms with Crippen LogP contribution in [0.25, 0.3) is 0 Å². The van der Waals surface area contributed by atoms with Gasteiger partial charge in [0.15, 0.2) is 0 Å². The predicted molar refractivity (Wildman–Crippen MR) is 132 cm³/mol. The maximum absolute atomic E-state index is 13.2. The zero-order valence-electron chi connectivity index (χ0n) is 21.5. The number of carbonyl (C=O) groups is 2. The molecule has 0 radical (unpaired) electrons. The molecule has 0 spiro atoms. The maximum atomic E-state index is 13.2. The van der Waals surface area contributed by atoms with E-state index < -0.39 is 42.5 Å². The Morgan fingerprint density at radius 2 is 1.67 bits per heavy atom. The van der Waals surface area contributed by atoms with Crippen LogP contribution in [0, 0.1) is 10.8 Å². The first-order chi connectivity index (χ1) is 16.6. The van der Waals surface area contributed by atoms with Crippen LogP contribution in [-0.2, 0) is 14.3 Å². The van der Waals surface area contributed by atoms with Crippen molar-refractivity contribution in [2.75, 3.05) is 20.3 Å². The normalized spacial score (nSPS) is 12.9. The largest absolute Gasteiger partial charge is 0.444 e. The van der Waals surface area contributed by atoms with Gasteiger partial charge in [0.1, 0.15) is 11.3 Å². The summed E-state index contributed by atoms with van der Waals surface area (Å²) >= 11 is 0. The Kier molecular flexibility index (Phi) is 11.3. The van der Waals surface area contributed by atoms with Gasteiger partial charge in [-0.25, -0.2) is 4.79 Å². The molecule has 0 aliphatic rings. The number of rotatable bonds is 12. The summed E-state index contributed by atoms with van der Waals surface area (Å²) in [6.07, 6.45) is -1.93. The fourth-order valence-electron chi connectivity index (χ4n) is 2.93. The van der Waals surface area contributed by atoms with E-state index in [9.17, 15) is 22.8 Å². The first kappa shape index (κ1) is 30.8. The van der Waals surface area contributed by atoms with Crippen molar-refractivity contribution in [3.63, 3.8) is 0 Å². The van der Waals surface area contributed by atoms with Crippen molar-refractivity contribution in [1.82, 2.24) is 10.2 Å². The molecule has 11 heteroatoms. The highest BCUT2D eigenvalue weighted by molar-refractivity contribution is 6.10. The summed E-state index contributed by atoms with van der Waals surface area (Å²) in [5, 5.41) is 18.6. The minimum absolute atomic E-state index is 0.0569. The number of benzene rings is 1. The molecule has 1 atom stereocenters. The summed E-state index contributed by atoms with van der Waals surface area (Å²) in [5.74, 6) is -1.40. The third-order valence-corrected chi connectivity index (χ3v) is 4.99. The molecule has 36 heavy (non-hydrogen) atoms. The molecular weight excluding hydrogens is 477 g/mol. The second kappa shape index (κ2) is 13.2. The van der Waals surface area contributed by atoms with Crippen LogP contribution in [0.5, 0.6) is 0 Å². The fourth-order valence-corrected chi connectivity index (χ4v) is 2.93. The fraction of sp³-hybridized carbons (Fsp3) is 0.520. The molecule has 0 heterocycles. The number of halogens is 3. The van der Waals surface area contributed by atoms with Crippen molar-refractivity contribution >= 4 is 23.4 Å². The van der Waals surface area contributed by atoms with Gasteiger partial charge >= 0.3 is 12.5 Å². The van der Waals surface area contributed by atoms with E-state index in [-0.39, 0.29) is 24.4 Å². The van der Waals surface area contributed by atoms with Gasteiger partial charge in [-0.2, -0.15) is 8.78 Å². The molecule has 0 saturated heterocycles. The van der Waals surface area contributed by atoms with Gasteiger partial charge in [0, 0.05) is 13.5 Å². The molecule has 3 N–H and O–H groups in total. The molecular formula is C25H35F3N4O4. The van der Waals surface area contributed by atoms with Crippen molar-refractivity contribution in [2.45, 2.75) is 64.9 Å². The van der Waals surface area contributed by atoms with Crippen molar-refractivity contribution in [3.05, 3.63) is 47.5 Å².